The van der Waals surface area contributed by atoms with Crippen LogP contribution in [-0.2, 0) is 26.4 Å². The molecule has 0 saturated carbocycles. The van der Waals surface area contributed by atoms with Crippen LogP contribution < -0.4 is 10.6 Å². The molecule has 0 bridgehead atoms. The Morgan fingerprint density at radius 2 is 1.74 bits per heavy atom. The Morgan fingerprint density at radius 1 is 1.19 bits per heavy atom. The first-order valence-electron chi connectivity index (χ1n) is 12.8. The smallest absolute Gasteiger partial charge is 0.394 e. The standard InChI is InChI=1S/C25H30N4O9.H2O4S/c1-5-6-28(4)13-9-14(29(37)38)19(30)16-11(13)7-10-8-12-18(27(2)3)21(32)17(24(26)35)23(34)25(12,36)22(33)15(10)20(16)31;1-5(2,3)4/h9-10,12,18,30,32-33,36H,5-8H2,1-4H3,(H2,26,35);(H2,1,2,3,4)/t10?,12?,18-,25-;/m0./s1. The lowest BCUT2D eigenvalue weighted by molar-refractivity contribution is -0.385. The zero-order valence-electron chi connectivity index (χ0n) is 23.5. The Labute approximate surface area is 245 Å². The van der Waals surface area contributed by atoms with Crippen molar-refractivity contribution in [2.75, 3.05) is 32.6 Å². The van der Waals surface area contributed by atoms with Crippen molar-refractivity contribution in [2.45, 2.75) is 37.8 Å². The quantitative estimate of drug-likeness (QED) is 0.0960. The van der Waals surface area contributed by atoms with Crippen LogP contribution in [0.1, 0.15) is 35.7 Å². The Kier molecular flexibility index (Phi) is 8.96. The van der Waals surface area contributed by atoms with E-state index >= 15 is 0 Å². The number of hydrogen-bond acceptors (Lipinski definition) is 13. The fraction of sp³-hybridized carbons (Fsp3) is 0.480. The van der Waals surface area contributed by atoms with E-state index in [0.717, 1.165) is 0 Å². The lowest BCUT2D eigenvalue weighted by Gasteiger charge is -2.50. The fourth-order valence-electron chi connectivity index (χ4n) is 6.22. The van der Waals surface area contributed by atoms with Crippen LogP contribution in [0.25, 0.3) is 0 Å². The van der Waals surface area contributed by atoms with Crippen LogP contribution in [0.5, 0.6) is 5.75 Å². The molecule has 3 aliphatic carbocycles. The molecule has 4 rings (SSSR count). The number of likely N-dealkylation sites (N-methyl/N-ethyl adjacent to an activating group) is 1. The Balaban J connectivity index is 0.000000934. The first kappa shape index (κ1) is 33.4. The minimum absolute atomic E-state index is 0.0451. The molecule has 0 heterocycles. The topological polar surface area (TPSA) is 282 Å². The number of carbonyl (C=O) groups is 3. The lowest BCUT2D eigenvalue weighted by Crippen LogP contribution is -2.63. The number of allylic oxidation sites excluding steroid dienone is 1. The van der Waals surface area contributed by atoms with Gasteiger partial charge < -0.3 is 31.1 Å². The molecular formula is C25H32N4O13S. The monoisotopic (exact) mass is 628 g/mol. The molecule has 0 saturated heterocycles. The number of fused-ring (bicyclic) bond motifs is 3. The van der Waals surface area contributed by atoms with Crippen molar-refractivity contribution in [3.05, 3.63) is 50.0 Å². The molecule has 18 heteroatoms. The van der Waals surface area contributed by atoms with Gasteiger partial charge in [0, 0.05) is 36.8 Å². The molecule has 0 aliphatic heterocycles. The first-order chi connectivity index (χ1) is 19.7. The maximum atomic E-state index is 13.8. The van der Waals surface area contributed by atoms with Crippen LogP contribution in [0, 0.1) is 22.0 Å². The van der Waals surface area contributed by atoms with Crippen LogP contribution in [0.15, 0.2) is 28.7 Å². The number of anilines is 1. The Morgan fingerprint density at radius 3 is 2.21 bits per heavy atom. The minimum atomic E-state index is -4.67. The molecule has 1 amide bonds. The number of aliphatic hydroxyl groups is 3. The zero-order valence-corrected chi connectivity index (χ0v) is 24.3. The van der Waals surface area contributed by atoms with Gasteiger partial charge in [0.2, 0.25) is 11.5 Å². The fourth-order valence-corrected chi connectivity index (χ4v) is 6.22. The number of aromatic hydroxyl groups is 1. The third-order valence-electron chi connectivity index (χ3n) is 7.85. The summed E-state index contributed by atoms with van der Waals surface area (Å²) >= 11 is 0. The number of aliphatic hydroxyl groups excluding tert-OH is 2. The van der Waals surface area contributed by atoms with E-state index in [0.29, 0.717) is 24.2 Å². The molecule has 236 valence electrons. The van der Waals surface area contributed by atoms with Crippen molar-refractivity contribution in [1.29, 1.82) is 0 Å². The summed E-state index contributed by atoms with van der Waals surface area (Å²) in [5.41, 5.74) is 0.877. The number of nitro groups is 1. The summed E-state index contributed by atoms with van der Waals surface area (Å²) in [6.45, 7) is 2.40. The van der Waals surface area contributed by atoms with Crippen LogP contribution in [-0.4, -0.2) is 105 Å². The number of nitrogens with zero attached hydrogens (tertiary/aromatic N) is 3. The lowest BCUT2D eigenvalue weighted by atomic mass is 9.58. The number of nitrogens with two attached hydrogens (primary N) is 1. The van der Waals surface area contributed by atoms with E-state index in [4.69, 9.17) is 23.3 Å². The van der Waals surface area contributed by atoms with Crippen LogP contribution in [0.3, 0.4) is 0 Å². The minimum Gasteiger partial charge on any atom is -0.510 e. The summed E-state index contributed by atoms with van der Waals surface area (Å²) in [7, 11) is 0.119. The Bertz CT molecular complexity index is 1580. The summed E-state index contributed by atoms with van der Waals surface area (Å²) in [6.07, 6.45) is 0.669. The molecule has 17 nitrogen and oxygen atoms in total. The van der Waals surface area contributed by atoms with Gasteiger partial charge in [0.25, 0.3) is 5.91 Å². The maximum absolute atomic E-state index is 13.8. The van der Waals surface area contributed by atoms with E-state index in [2.05, 4.69) is 0 Å². The average molecular weight is 629 g/mol. The van der Waals surface area contributed by atoms with E-state index in [-0.39, 0.29) is 18.4 Å². The summed E-state index contributed by atoms with van der Waals surface area (Å²) in [6, 6.07) is 0.0959. The third-order valence-corrected chi connectivity index (χ3v) is 7.85. The van der Waals surface area contributed by atoms with Crippen molar-refractivity contribution >= 4 is 39.2 Å². The van der Waals surface area contributed by atoms with Crippen LogP contribution >= 0.6 is 0 Å². The average Bonchev–Trinajstić information content (AvgIpc) is 2.84. The van der Waals surface area contributed by atoms with Gasteiger partial charge in [-0.05, 0) is 44.8 Å². The van der Waals surface area contributed by atoms with Crippen molar-refractivity contribution in [1.82, 2.24) is 4.90 Å². The number of nitro benzene ring substituents is 1. The van der Waals surface area contributed by atoms with Crippen molar-refractivity contribution < 1.29 is 57.3 Å². The summed E-state index contributed by atoms with van der Waals surface area (Å²) < 4.78 is 31.6. The third kappa shape index (κ3) is 5.66. The van der Waals surface area contributed by atoms with Crippen molar-refractivity contribution in [3.63, 3.8) is 0 Å². The van der Waals surface area contributed by atoms with Crippen LogP contribution in [0.4, 0.5) is 11.4 Å². The molecule has 0 fully saturated rings. The molecule has 1 aromatic carbocycles. The molecular weight excluding hydrogens is 596 g/mol. The van der Waals surface area contributed by atoms with Gasteiger partial charge in [-0.3, -0.25) is 38.5 Å². The molecule has 1 aromatic rings. The van der Waals surface area contributed by atoms with Crippen molar-refractivity contribution in [3.8, 4) is 5.75 Å². The SMILES string of the molecule is CCCN(C)c1cc([N+](=O)[O-])c(O)c2c1CC1CC3[C@H](N(C)C)C(O)=C(C(N)=O)C(=O)[C@@]3(O)C(O)=C1C2=O.O=S(=O)(O)O. The predicted octanol–water partition coefficient (Wildman–Crippen LogP) is 0.222. The zero-order chi connectivity index (χ0) is 32.9. The highest BCUT2D eigenvalue weighted by atomic mass is 32.3. The second-order valence-corrected chi connectivity index (χ2v) is 11.6. The largest absolute Gasteiger partial charge is 0.510 e. The highest BCUT2D eigenvalue weighted by Crippen LogP contribution is 2.54. The Hall–Kier alpha value is -4.10. The molecule has 0 spiro atoms. The van der Waals surface area contributed by atoms with Crippen LogP contribution in [0.2, 0.25) is 0 Å². The van der Waals surface area contributed by atoms with Gasteiger partial charge in [0.1, 0.15) is 17.1 Å². The van der Waals surface area contributed by atoms with Gasteiger partial charge in [-0.2, -0.15) is 8.42 Å². The van der Waals surface area contributed by atoms with E-state index in [1.807, 2.05) is 6.92 Å². The van der Waals surface area contributed by atoms with Gasteiger partial charge in [-0.15, -0.1) is 0 Å². The molecule has 2 unspecified atom stereocenters. The number of Topliss-reactive ketones (excluding diaryl/α,β-unsaturated/α-hetero) is 2. The number of phenolic OH excluding ortho intramolecular Hbond substituents is 1. The summed E-state index contributed by atoms with van der Waals surface area (Å²) in [4.78, 5) is 53.3. The first-order valence-corrected chi connectivity index (χ1v) is 14.2. The summed E-state index contributed by atoms with van der Waals surface area (Å²) in [5.74, 6) is -8.12. The molecule has 4 atom stereocenters. The predicted molar refractivity (Wildman–Crippen MR) is 148 cm³/mol. The number of benzene rings is 1. The molecule has 43 heavy (non-hydrogen) atoms. The van der Waals surface area contributed by atoms with Gasteiger partial charge in [-0.1, -0.05) is 6.92 Å². The van der Waals surface area contributed by atoms with Gasteiger partial charge in [-0.25, -0.2) is 0 Å². The number of phenols is 1. The number of rotatable bonds is 6. The van der Waals surface area contributed by atoms with E-state index < -0.39 is 90.4 Å². The van der Waals surface area contributed by atoms with Gasteiger partial charge in [0.05, 0.1) is 16.5 Å². The molecule has 8 N–H and O–H groups in total. The molecule has 0 radical (unpaired) electrons. The van der Waals surface area contributed by atoms with Gasteiger partial charge >= 0.3 is 16.1 Å². The van der Waals surface area contributed by atoms with Gasteiger partial charge in [0.15, 0.2) is 11.4 Å². The van der Waals surface area contributed by atoms with E-state index in [9.17, 15) is 44.9 Å². The number of primary amides is 1. The van der Waals surface area contributed by atoms with E-state index in [1.54, 1.807) is 26.0 Å². The second kappa shape index (κ2) is 11.5. The number of ketones is 2. The number of amides is 1. The molecule has 0 aromatic heterocycles. The second-order valence-electron chi connectivity index (χ2n) is 10.7. The summed E-state index contributed by atoms with van der Waals surface area (Å²) in [5, 5.41) is 56.3. The molecule has 3 aliphatic rings. The normalized spacial score (nSPS) is 25.0. The number of carbonyl (C=O) groups excluding carboxylic acids is 3. The van der Waals surface area contributed by atoms with Crippen molar-refractivity contribution in [2.24, 2.45) is 17.6 Å². The van der Waals surface area contributed by atoms with E-state index in [1.165, 1.54) is 11.0 Å². The highest BCUT2D eigenvalue weighted by molar-refractivity contribution is 7.79. The maximum Gasteiger partial charge on any atom is 0.394 e. The highest BCUT2D eigenvalue weighted by Gasteiger charge is 2.63. The number of hydrogen-bond donors (Lipinski definition) is 7.